The first-order valence-electron chi connectivity index (χ1n) is 13.1. The summed E-state index contributed by atoms with van der Waals surface area (Å²) in [6, 6.07) is 23.6. The van der Waals surface area contributed by atoms with Crippen molar-refractivity contribution in [1.29, 1.82) is 0 Å². The molecule has 0 aliphatic heterocycles. The first-order valence-corrected chi connectivity index (χ1v) is 13.9. The van der Waals surface area contributed by atoms with Gasteiger partial charge in [-0.2, -0.15) is 0 Å². The SMILES string of the molecule is COc1ccc(CCN(CCC(=O)O)C(=O)c2ccccc2-c2ccccc2C(=O)N(C)c2cccs2)cc1OC. The number of thiophene rings is 1. The Balaban J connectivity index is 1.66. The van der Waals surface area contributed by atoms with E-state index in [1.54, 1.807) is 61.4 Å². The zero-order chi connectivity index (χ0) is 29.4. The number of carbonyl (C=O) groups excluding carboxylic acids is 2. The fraction of sp³-hybridized carbons (Fsp3) is 0.219. The molecule has 0 spiro atoms. The lowest BCUT2D eigenvalue weighted by Gasteiger charge is -2.24. The number of nitrogens with zero attached hydrogens (tertiary/aromatic N) is 2. The van der Waals surface area contributed by atoms with Crippen LogP contribution in [0, 0.1) is 0 Å². The maximum Gasteiger partial charge on any atom is 0.305 e. The number of carboxylic acids is 1. The second-order valence-corrected chi connectivity index (χ2v) is 10.2. The van der Waals surface area contributed by atoms with Crippen molar-refractivity contribution in [2.24, 2.45) is 0 Å². The number of benzene rings is 3. The molecule has 0 fully saturated rings. The van der Waals surface area contributed by atoms with Gasteiger partial charge in [0, 0.05) is 31.3 Å². The number of anilines is 1. The van der Waals surface area contributed by atoms with Gasteiger partial charge >= 0.3 is 5.97 Å². The van der Waals surface area contributed by atoms with Gasteiger partial charge in [-0.25, -0.2) is 0 Å². The van der Waals surface area contributed by atoms with Gasteiger partial charge in [-0.3, -0.25) is 14.4 Å². The van der Waals surface area contributed by atoms with Crippen molar-refractivity contribution < 1.29 is 29.0 Å². The number of rotatable bonds is 12. The Kier molecular flexibility index (Phi) is 9.76. The number of hydrogen-bond donors (Lipinski definition) is 1. The minimum Gasteiger partial charge on any atom is -0.493 e. The largest absolute Gasteiger partial charge is 0.493 e. The Morgan fingerprint density at radius 3 is 2.00 bits per heavy atom. The van der Waals surface area contributed by atoms with E-state index >= 15 is 0 Å². The molecule has 212 valence electrons. The molecule has 0 bridgehead atoms. The molecule has 0 radical (unpaired) electrons. The van der Waals surface area contributed by atoms with E-state index in [0.717, 1.165) is 10.6 Å². The molecule has 0 saturated heterocycles. The summed E-state index contributed by atoms with van der Waals surface area (Å²) in [6.45, 7) is 0.328. The predicted octanol–water partition coefficient (Wildman–Crippen LogP) is 5.87. The number of ether oxygens (including phenoxy) is 2. The van der Waals surface area contributed by atoms with Gasteiger partial charge in [0.15, 0.2) is 11.5 Å². The molecule has 0 unspecified atom stereocenters. The fourth-order valence-corrected chi connectivity index (χ4v) is 5.26. The number of carbonyl (C=O) groups is 3. The van der Waals surface area contributed by atoms with Crippen molar-refractivity contribution in [3.05, 3.63) is 101 Å². The summed E-state index contributed by atoms with van der Waals surface area (Å²) in [5, 5.41) is 12.1. The summed E-state index contributed by atoms with van der Waals surface area (Å²) >= 11 is 1.46. The lowest BCUT2D eigenvalue weighted by atomic mass is 9.94. The fourth-order valence-electron chi connectivity index (χ4n) is 4.57. The van der Waals surface area contributed by atoms with E-state index in [1.807, 2.05) is 53.9 Å². The van der Waals surface area contributed by atoms with E-state index in [1.165, 1.54) is 11.3 Å². The van der Waals surface area contributed by atoms with Gasteiger partial charge in [-0.05, 0) is 64.9 Å². The van der Waals surface area contributed by atoms with E-state index in [-0.39, 0.29) is 31.3 Å². The van der Waals surface area contributed by atoms with Crippen molar-refractivity contribution in [1.82, 2.24) is 4.90 Å². The lowest BCUT2D eigenvalue weighted by molar-refractivity contribution is -0.137. The standard InChI is InChI=1S/C32H32N2O6S/c1-33(29-13-8-20-41-29)31(37)25-11-6-4-9-23(25)24-10-5-7-12-26(24)32(38)34(19-17-30(35)36)18-16-22-14-15-27(39-2)28(21-22)40-3/h4-15,20-21H,16-19H2,1-3H3,(H,35,36). The summed E-state index contributed by atoms with van der Waals surface area (Å²) in [7, 11) is 4.85. The van der Waals surface area contributed by atoms with Gasteiger partial charge in [-0.1, -0.05) is 42.5 Å². The molecule has 0 aliphatic rings. The highest BCUT2D eigenvalue weighted by atomic mass is 32.1. The second kappa shape index (κ2) is 13.6. The summed E-state index contributed by atoms with van der Waals surface area (Å²) in [6.07, 6.45) is 0.287. The zero-order valence-corrected chi connectivity index (χ0v) is 24.0. The van der Waals surface area contributed by atoms with Crippen LogP contribution < -0.4 is 14.4 Å². The second-order valence-electron chi connectivity index (χ2n) is 9.28. The molecule has 2 amide bonds. The quantitative estimate of drug-likeness (QED) is 0.228. The average Bonchev–Trinajstić information content (AvgIpc) is 3.55. The van der Waals surface area contributed by atoms with Crippen LogP contribution in [0.25, 0.3) is 11.1 Å². The number of hydrogen-bond acceptors (Lipinski definition) is 6. The number of aliphatic carboxylic acids is 1. The Hall–Kier alpha value is -4.63. The highest BCUT2D eigenvalue weighted by molar-refractivity contribution is 7.14. The van der Waals surface area contributed by atoms with Crippen molar-refractivity contribution in [2.45, 2.75) is 12.8 Å². The van der Waals surface area contributed by atoms with Crippen LogP contribution in [0.15, 0.2) is 84.2 Å². The van der Waals surface area contributed by atoms with Gasteiger partial charge in [0.25, 0.3) is 11.8 Å². The highest BCUT2D eigenvalue weighted by Gasteiger charge is 2.24. The first kappa shape index (κ1) is 29.4. The molecule has 8 nitrogen and oxygen atoms in total. The molecule has 4 aromatic rings. The van der Waals surface area contributed by atoms with Gasteiger partial charge in [0.1, 0.15) is 0 Å². The van der Waals surface area contributed by atoms with Gasteiger partial charge in [0.2, 0.25) is 0 Å². The van der Waals surface area contributed by atoms with E-state index < -0.39 is 5.97 Å². The van der Waals surface area contributed by atoms with Crippen LogP contribution >= 0.6 is 11.3 Å². The zero-order valence-electron chi connectivity index (χ0n) is 23.2. The van der Waals surface area contributed by atoms with E-state index in [0.29, 0.717) is 40.2 Å². The smallest absolute Gasteiger partial charge is 0.305 e. The van der Waals surface area contributed by atoms with E-state index in [9.17, 15) is 19.5 Å². The average molecular weight is 573 g/mol. The first-order chi connectivity index (χ1) is 19.8. The van der Waals surface area contributed by atoms with Crippen LogP contribution in [0.5, 0.6) is 11.5 Å². The van der Waals surface area contributed by atoms with Gasteiger partial charge in [-0.15, -0.1) is 11.3 Å². The molecule has 0 aliphatic carbocycles. The normalized spacial score (nSPS) is 10.6. The van der Waals surface area contributed by atoms with Crippen LogP contribution in [0.1, 0.15) is 32.7 Å². The van der Waals surface area contributed by atoms with Crippen molar-refractivity contribution in [3.63, 3.8) is 0 Å². The van der Waals surface area contributed by atoms with E-state index in [2.05, 4.69) is 0 Å². The third-order valence-corrected chi connectivity index (χ3v) is 7.69. The van der Waals surface area contributed by atoms with Crippen molar-refractivity contribution in [2.75, 3.05) is 39.3 Å². The van der Waals surface area contributed by atoms with E-state index in [4.69, 9.17) is 9.47 Å². The van der Waals surface area contributed by atoms with Gasteiger partial charge < -0.3 is 24.4 Å². The number of carboxylic acid groups (broad SMARTS) is 1. The minimum absolute atomic E-state index is 0.0392. The summed E-state index contributed by atoms with van der Waals surface area (Å²) in [5.41, 5.74) is 3.00. The highest BCUT2D eigenvalue weighted by Crippen LogP contribution is 2.31. The minimum atomic E-state index is -0.991. The monoisotopic (exact) mass is 572 g/mol. The molecule has 1 aromatic heterocycles. The number of methoxy groups -OCH3 is 2. The predicted molar refractivity (Wildman–Crippen MR) is 160 cm³/mol. The van der Waals surface area contributed by atoms with Crippen LogP contribution in [0.4, 0.5) is 5.00 Å². The lowest BCUT2D eigenvalue weighted by Crippen LogP contribution is -2.35. The Labute approximate surface area is 243 Å². The Morgan fingerprint density at radius 2 is 1.41 bits per heavy atom. The molecule has 41 heavy (non-hydrogen) atoms. The van der Waals surface area contributed by atoms with Crippen LogP contribution in [0.3, 0.4) is 0 Å². The van der Waals surface area contributed by atoms with Gasteiger partial charge in [0.05, 0.1) is 25.6 Å². The van der Waals surface area contributed by atoms with Crippen molar-refractivity contribution in [3.8, 4) is 22.6 Å². The molecule has 1 heterocycles. The van der Waals surface area contributed by atoms with Crippen LogP contribution in [0.2, 0.25) is 0 Å². The molecular weight excluding hydrogens is 540 g/mol. The Bertz CT molecular complexity index is 1520. The third kappa shape index (κ3) is 6.93. The molecule has 1 N–H and O–H groups in total. The summed E-state index contributed by atoms with van der Waals surface area (Å²) in [5.74, 6) is -0.318. The molecule has 4 rings (SSSR count). The van der Waals surface area contributed by atoms with Crippen LogP contribution in [-0.4, -0.2) is 62.1 Å². The number of amides is 2. The third-order valence-electron chi connectivity index (χ3n) is 6.75. The molecule has 9 heteroatoms. The molecule has 0 saturated carbocycles. The van der Waals surface area contributed by atoms with Crippen molar-refractivity contribution >= 4 is 34.1 Å². The molecule has 3 aromatic carbocycles. The molecule has 0 atom stereocenters. The summed E-state index contributed by atoms with van der Waals surface area (Å²) in [4.78, 5) is 42.1. The maximum atomic E-state index is 14.0. The topological polar surface area (TPSA) is 96.4 Å². The summed E-state index contributed by atoms with van der Waals surface area (Å²) < 4.78 is 10.7. The maximum absolute atomic E-state index is 14.0. The Morgan fingerprint density at radius 1 is 0.780 bits per heavy atom. The van der Waals surface area contributed by atoms with Crippen LogP contribution in [-0.2, 0) is 11.2 Å². The molecular formula is C32H32N2O6S.